The maximum atomic E-state index is 11.4. The van der Waals surface area contributed by atoms with E-state index in [0.29, 0.717) is 20.8 Å². The highest BCUT2D eigenvalue weighted by Gasteiger charge is 2.09. The summed E-state index contributed by atoms with van der Waals surface area (Å²) in [4.78, 5) is 11.4. The minimum absolute atomic E-state index is 0.215. The Bertz CT molecular complexity index is 297. The molecule has 0 aromatic heterocycles. The van der Waals surface area contributed by atoms with Gasteiger partial charge in [0.1, 0.15) is 0 Å². The molecule has 1 aromatic carbocycles. The van der Waals surface area contributed by atoms with Crippen molar-refractivity contribution in [2.75, 3.05) is 13.3 Å². The van der Waals surface area contributed by atoms with Gasteiger partial charge in [-0.3, -0.25) is 0 Å². The van der Waals surface area contributed by atoms with Gasteiger partial charge in [-0.2, -0.15) is 0 Å². The van der Waals surface area contributed by atoms with Gasteiger partial charge in [-0.05, 0) is 25.0 Å². The van der Waals surface area contributed by atoms with Gasteiger partial charge in [0, 0.05) is 0 Å². The number of hydrogen-bond donors (Lipinski definition) is 0. The van der Waals surface area contributed by atoms with Crippen molar-refractivity contribution >= 4 is 19.9 Å². The molecule has 0 radical (unpaired) electrons. The van der Waals surface area contributed by atoms with Crippen molar-refractivity contribution in [3.63, 3.8) is 0 Å². The maximum absolute atomic E-state index is 11.4. The van der Waals surface area contributed by atoms with E-state index in [4.69, 9.17) is 4.74 Å². The molecule has 0 N–H and O–H groups in total. The summed E-state index contributed by atoms with van der Waals surface area (Å²) >= 11 is 0. The highest BCUT2D eigenvalue weighted by Crippen LogP contribution is 2.09. The lowest BCUT2D eigenvalue weighted by Gasteiger charge is -2.05. The zero-order valence-electron chi connectivity index (χ0n) is 7.83. The lowest BCUT2D eigenvalue weighted by atomic mass is 10.2. The van der Waals surface area contributed by atoms with Crippen molar-refractivity contribution < 1.29 is 9.53 Å². The summed E-state index contributed by atoms with van der Waals surface area (Å²) in [6, 6.07) is 7.57. The monoisotopic (exact) mass is 196 g/mol. The molecule has 0 aliphatic rings. The van der Waals surface area contributed by atoms with Crippen molar-refractivity contribution in [1.82, 2.24) is 0 Å². The summed E-state index contributed by atoms with van der Waals surface area (Å²) in [6.45, 7) is 4.30. The molecule has 0 saturated heterocycles. The second-order valence-electron chi connectivity index (χ2n) is 2.52. The van der Waals surface area contributed by atoms with Crippen LogP contribution in [0.15, 0.2) is 24.3 Å². The summed E-state index contributed by atoms with van der Waals surface area (Å²) in [5.74, 6) is -0.215. The molecule has 0 heterocycles. The molecule has 0 amide bonds. The second-order valence-corrected chi connectivity index (χ2v) is 3.55. The van der Waals surface area contributed by atoms with Crippen LogP contribution in [0.2, 0.25) is 0 Å². The van der Waals surface area contributed by atoms with E-state index in [1.54, 1.807) is 0 Å². The molecule has 0 aliphatic heterocycles. The van der Waals surface area contributed by atoms with E-state index in [1.807, 2.05) is 31.2 Å². The molecule has 1 aromatic rings. The summed E-state index contributed by atoms with van der Waals surface area (Å²) in [6.07, 6.45) is 0. The number of carbonyl (C=O) groups excluding carboxylic acids is 1. The molecule has 0 saturated carbocycles. The molecule has 0 aliphatic carbocycles. The summed E-state index contributed by atoms with van der Waals surface area (Å²) < 4.78 is 4.94. The van der Waals surface area contributed by atoms with Crippen molar-refractivity contribution in [3.8, 4) is 0 Å². The number of carbonyl (C=O) groups is 1. The van der Waals surface area contributed by atoms with E-state index < -0.39 is 0 Å². The van der Waals surface area contributed by atoms with E-state index in [1.165, 1.54) is 0 Å². The maximum Gasteiger partial charge on any atom is 0.338 e. The zero-order chi connectivity index (χ0) is 9.68. The fraction of sp³-hybridized carbons (Fsp3) is 0.300. The first kappa shape index (κ1) is 10.2. The predicted octanol–water partition coefficient (Wildman–Crippen LogP) is 1.80. The highest BCUT2D eigenvalue weighted by atomic mass is 31.1. The first-order chi connectivity index (χ1) is 6.29. The number of benzene rings is 1. The standard InChI is InChI=1S/C10H13O2P/c1-3-12-10(11)8-6-4-5-7-9(8)13-2/h4-7,13H,3H2,1-2H3. The van der Waals surface area contributed by atoms with E-state index >= 15 is 0 Å². The Morgan fingerprint density at radius 3 is 2.77 bits per heavy atom. The highest BCUT2D eigenvalue weighted by molar-refractivity contribution is 7.46. The Morgan fingerprint density at radius 1 is 1.46 bits per heavy atom. The van der Waals surface area contributed by atoms with E-state index in [2.05, 4.69) is 6.66 Å². The van der Waals surface area contributed by atoms with Crippen LogP contribution >= 0.6 is 8.58 Å². The first-order valence-corrected chi connectivity index (χ1v) is 5.73. The van der Waals surface area contributed by atoms with Gasteiger partial charge >= 0.3 is 5.97 Å². The Hall–Kier alpha value is -0.880. The summed E-state index contributed by atoms with van der Waals surface area (Å²) in [5.41, 5.74) is 0.699. The first-order valence-electron chi connectivity index (χ1n) is 4.23. The Morgan fingerprint density at radius 2 is 2.15 bits per heavy atom. The quantitative estimate of drug-likeness (QED) is 0.544. The van der Waals surface area contributed by atoms with Crippen LogP contribution in [0.3, 0.4) is 0 Å². The predicted molar refractivity (Wildman–Crippen MR) is 56.3 cm³/mol. The normalized spacial score (nSPS) is 10.6. The second kappa shape index (κ2) is 4.98. The van der Waals surface area contributed by atoms with Crippen LogP contribution in [0.5, 0.6) is 0 Å². The van der Waals surface area contributed by atoms with Crippen LogP contribution in [0.25, 0.3) is 0 Å². The van der Waals surface area contributed by atoms with Crippen LogP contribution in [0.1, 0.15) is 17.3 Å². The molecule has 13 heavy (non-hydrogen) atoms. The number of esters is 1. The van der Waals surface area contributed by atoms with Gasteiger partial charge in [0.25, 0.3) is 0 Å². The van der Waals surface area contributed by atoms with Crippen LogP contribution < -0.4 is 5.30 Å². The third-order valence-electron chi connectivity index (χ3n) is 1.69. The molecule has 1 atom stereocenters. The molecule has 70 valence electrons. The molecule has 3 heteroatoms. The van der Waals surface area contributed by atoms with E-state index in [-0.39, 0.29) is 5.97 Å². The number of ether oxygens (including phenoxy) is 1. The minimum Gasteiger partial charge on any atom is -0.462 e. The van der Waals surface area contributed by atoms with Crippen LogP contribution in [0, 0.1) is 0 Å². The molecule has 0 spiro atoms. The van der Waals surface area contributed by atoms with Crippen molar-refractivity contribution in [2.24, 2.45) is 0 Å². The average Bonchev–Trinajstić information content (AvgIpc) is 2.18. The molecular weight excluding hydrogens is 183 g/mol. The third-order valence-corrected chi connectivity index (χ3v) is 2.67. The van der Waals surface area contributed by atoms with Gasteiger partial charge < -0.3 is 4.74 Å². The number of rotatable bonds is 3. The summed E-state index contributed by atoms with van der Waals surface area (Å²) in [5, 5.41) is 1.07. The van der Waals surface area contributed by atoms with Crippen LogP contribution in [0.4, 0.5) is 0 Å². The SMILES string of the molecule is CCOC(=O)c1ccccc1PC. The fourth-order valence-electron chi connectivity index (χ4n) is 1.09. The van der Waals surface area contributed by atoms with Gasteiger partial charge in [-0.25, -0.2) is 4.79 Å². The Balaban J connectivity index is 2.92. The Labute approximate surface area is 80.1 Å². The van der Waals surface area contributed by atoms with Crippen molar-refractivity contribution in [1.29, 1.82) is 0 Å². The molecule has 0 bridgehead atoms. The van der Waals surface area contributed by atoms with Gasteiger partial charge in [0.05, 0.1) is 12.2 Å². The lowest BCUT2D eigenvalue weighted by molar-refractivity contribution is 0.0528. The molecule has 1 unspecified atom stereocenters. The molecular formula is C10H13O2P. The third kappa shape index (κ3) is 2.53. The average molecular weight is 196 g/mol. The summed E-state index contributed by atoms with van der Waals surface area (Å²) in [7, 11) is 0.625. The van der Waals surface area contributed by atoms with Gasteiger partial charge in [0.15, 0.2) is 0 Å². The minimum atomic E-state index is -0.215. The number of hydrogen-bond acceptors (Lipinski definition) is 2. The smallest absolute Gasteiger partial charge is 0.338 e. The lowest BCUT2D eigenvalue weighted by Crippen LogP contribution is -2.13. The molecule has 2 nitrogen and oxygen atoms in total. The zero-order valence-corrected chi connectivity index (χ0v) is 8.83. The topological polar surface area (TPSA) is 26.3 Å². The van der Waals surface area contributed by atoms with Crippen LogP contribution in [-0.2, 0) is 4.74 Å². The van der Waals surface area contributed by atoms with Gasteiger partial charge in [0.2, 0.25) is 0 Å². The Kier molecular flexibility index (Phi) is 3.91. The van der Waals surface area contributed by atoms with Crippen molar-refractivity contribution in [2.45, 2.75) is 6.92 Å². The van der Waals surface area contributed by atoms with Gasteiger partial charge in [-0.1, -0.05) is 26.8 Å². The largest absolute Gasteiger partial charge is 0.462 e. The fourth-order valence-corrected chi connectivity index (χ4v) is 1.81. The van der Waals surface area contributed by atoms with Crippen molar-refractivity contribution in [3.05, 3.63) is 29.8 Å². The van der Waals surface area contributed by atoms with E-state index in [9.17, 15) is 4.79 Å². The molecule has 0 fully saturated rings. The van der Waals surface area contributed by atoms with Crippen LogP contribution in [-0.4, -0.2) is 19.2 Å². The van der Waals surface area contributed by atoms with Gasteiger partial charge in [-0.15, -0.1) is 0 Å². The van der Waals surface area contributed by atoms with E-state index in [0.717, 1.165) is 5.30 Å². The molecule has 1 rings (SSSR count).